The predicted molar refractivity (Wildman–Crippen MR) is 117 cm³/mol. The zero-order chi connectivity index (χ0) is 21.3. The molecule has 0 aliphatic rings. The van der Waals surface area contributed by atoms with Gasteiger partial charge in [0.15, 0.2) is 0 Å². The molecule has 0 aromatic heterocycles. The number of hydrogen-bond acceptors (Lipinski definition) is 3. The van der Waals surface area contributed by atoms with Gasteiger partial charge >= 0.3 is 0 Å². The molecule has 3 aromatic rings. The Morgan fingerprint density at radius 2 is 1.23 bits per heavy atom. The standard InChI is InChI=1S/C25H26N2O3/c1-19(28)23(26-24(29)22-15-9-4-10-16-22)25(30)27(17-20-11-5-2-6-12-20)18-21-13-7-3-8-14-21/h2-16,19,23,28H,17-18H2,1H3,(H,26,29)/t19-,23-/m0/s1. The Labute approximate surface area is 177 Å². The number of amides is 2. The summed E-state index contributed by atoms with van der Waals surface area (Å²) in [4.78, 5) is 27.7. The lowest BCUT2D eigenvalue weighted by Crippen LogP contribution is -2.53. The molecular weight excluding hydrogens is 376 g/mol. The maximum atomic E-state index is 13.4. The first-order valence-electron chi connectivity index (χ1n) is 9.95. The van der Waals surface area contributed by atoms with E-state index in [0.717, 1.165) is 11.1 Å². The second-order valence-corrected chi connectivity index (χ2v) is 7.22. The summed E-state index contributed by atoms with van der Waals surface area (Å²) in [5.41, 5.74) is 2.38. The molecule has 0 aliphatic heterocycles. The molecule has 2 N–H and O–H groups in total. The fourth-order valence-electron chi connectivity index (χ4n) is 3.22. The molecule has 0 heterocycles. The van der Waals surface area contributed by atoms with Gasteiger partial charge in [-0.1, -0.05) is 78.9 Å². The molecule has 3 rings (SSSR count). The van der Waals surface area contributed by atoms with E-state index >= 15 is 0 Å². The SMILES string of the molecule is C[C@H](O)[C@H](NC(=O)c1ccccc1)C(=O)N(Cc1ccccc1)Cc1ccccc1. The number of aliphatic hydroxyl groups is 1. The fraction of sp³-hybridized carbons (Fsp3) is 0.200. The highest BCUT2D eigenvalue weighted by molar-refractivity contribution is 5.97. The lowest BCUT2D eigenvalue weighted by molar-refractivity contribution is -0.137. The molecule has 0 fully saturated rings. The molecule has 0 spiro atoms. The zero-order valence-corrected chi connectivity index (χ0v) is 16.9. The molecule has 30 heavy (non-hydrogen) atoms. The van der Waals surface area contributed by atoms with Gasteiger partial charge in [0.25, 0.3) is 5.91 Å². The molecule has 154 valence electrons. The van der Waals surface area contributed by atoms with Crippen molar-refractivity contribution in [1.29, 1.82) is 0 Å². The van der Waals surface area contributed by atoms with E-state index < -0.39 is 18.1 Å². The molecule has 0 radical (unpaired) electrons. The van der Waals surface area contributed by atoms with Gasteiger partial charge in [0.2, 0.25) is 5.91 Å². The van der Waals surface area contributed by atoms with E-state index in [1.165, 1.54) is 6.92 Å². The Balaban J connectivity index is 1.83. The number of carbonyl (C=O) groups is 2. The van der Waals surface area contributed by atoms with E-state index in [1.54, 1.807) is 29.2 Å². The molecule has 0 bridgehead atoms. The second kappa shape index (κ2) is 10.4. The van der Waals surface area contributed by atoms with Crippen molar-refractivity contribution in [3.63, 3.8) is 0 Å². The quantitative estimate of drug-likeness (QED) is 0.607. The number of hydrogen-bond donors (Lipinski definition) is 2. The molecular formula is C25H26N2O3. The second-order valence-electron chi connectivity index (χ2n) is 7.22. The van der Waals surface area contributed by atoms with Gasteiger partial charge in [-0.15, -0.1) is 0 Å². The maximum absolute atomic E-state index is 13.4. The Morgan fingerprint density at radius 1 is 0.800 bits per heavy atom. The van der Waals surface area contributed by atoms with Crippen LogP contribution in [0, 0.1) is 0 Å². The first-order chi connectivity index (χ1) is 14.5. The van der Waals surface area contributed by atoms with Crippen molar-refractivity contribution in [1.82, 2.24) is 10.2 Å². The summed E-state index contributed by atoms with van der Waals surface area (Å²) < 4.78 is 0. The molecule has 0 aliphatic carbocycles. The van der Waals surface area contributed by atoms with E-state index in [1.807, 2.05) is 66.7 Å². The average Bonchev–Trinajstić information content (AvgIpc) is 2.78. The summed E-state index contributed by atoms with van der Waals surface area (Å²) >= 11 is 0. The van der Waals surface area contributed by atoms with E-state index in [9.17, 15) is 14.7 Å². The molecule has 0 unspecified atom stereocenters. The van der Waals surface area contributed by atoms with Gasteiger partial charge in [-0.05, 0) is 30.2 Å². The van der Waals surface area contributed by atoms with Crippen LogP contribution in [0.15, 0.2) is 91.0 Å². The average molecular weight is 402 g/mol. The van der Waals surface area contributed by atoms with Crippen LogP contribution in [0.2, 0.25) is 0 Å². The summed E-state index contributed by atoms with van der Waals surface area (Å²) in [7, 11) is 0. The summed E-state index contributed by atoms with van der Waals surface area (Å²) in [6, 6.07) is 26.9. The van der Waals surface area contributed by atoms with Crippen molar-refractivity contribution in [2.24, 2.45) is 0 Å². The highest BCUT2D eigenvalue weighted by Crippen LogP contribution is 2.13. The minimum Gasteiger partial charge on any atom is -0.391 e. The molecule has 5 nitrogen and oxygen atoms in total. The summed E-state index contributed by atoms with van der Waals surface area (Å²) in [5, 5.41) is 13.0. The van der Waals surface area contributed by atoms with Crippen LogP contribution in [0.3, 0.4) is 0 Å². The first-order valence-corrected chi connectivity index (χ1v) is 9.95. The number of aliphatic hydroxyl groups excluding tert-OH is 1. The monoisotopic (exact) mass is 402 g/mol. The van der Waals surface area contributed by atoms with Crippen LogP contribution in [0.4, 0.5) is 0 Å². The zero-order valence-electron chi connectivity index (χ0n) is 16.9. The van der Waals surface area contributed by atoms with Crippen molar-refractivity contribution in [2.45, 2.75) is 32.2 Å². The molecule has 2 amide bonds. The molecule has 5 heteroatoms. The van der Waals surface area contributed by atoms with Crippen LogP contribution < -0.4 is 5.32 Å². The van der Waals surface area contributed by atoms with Crippen LogP contribution in [0.25, 0.3) is 0 Å². The highest BCUT2D eigenvalue weighted by atomic mass is 16.3. The van der Waals surface area contributed by atoms with Gasteiger partial charge in [0.05, 0.1) is 6.10 Å². The third kappa shape index (κ3) is 5.78. The van der Waals surface area contributed by atoms with Gasteiger partial charge in [-0.2, -0.15) is 0 Å². The van der Waals surface area contributed by atoms with Crippen LogP contribution in [0.5, 0.6) is 0 Å². The van der Waals surface area contributed by atoms with E-state index in [0.29, 0.717) is 18.7 Å². The predicted octanol–water partition coefficient (Wildman–Crippen LogP) is 3.39. The van der Waals surface area contributed by atoms with Crippen molar-refractivity contribution in [3.8, 4) is 0 Å². The Morgan fingerprint density at radius 3 is 1.67 bits per heavy atom. The Hall–Kier alpha value is -3.44. The number of nitrogens with one attached hydrogen (secondary N) is 1. The van der Waals surface area contributed by atoms with Crippen molar-refractivity contribution in [2.75, 3.05) is 0 Å². The van der Waals surface area contributed by atoms with Gasteiger partial charge < -0.3 is 15.3 Å². The lowest BCUT2D eigenvalue weighted by atomic mass is 10.1. The Bertz CT molecular complexity index is 902. The van der Waals surface area contributed by atoms with E-state index in [4.69, 9.17) is 0 Å². The van der Waals surface area contributed by atoms with Crippen molar-refractivity contribution in [3.05, 3.63) is 108 Å². The summed E-state index contributed by atoms with van der Waals surface area (Å²) in [6.45, 7) is 2.26. The number of rotatable bonds is 8. The normalized spacial score (nSPS) is 12.6. The van der Waals surface area contributed by atoms with Gasteiger partial charge in [-0.25, -0.2) is 0 Å². The van der Waals surface area contributed by atoms with Gasteiger partial charge in [0, 0.05) is 18.7 Å². The largest absolute Gasteiger partial charge is 0.391 e. The number of nitrogens with zero attached hydrogens (tertiary/aromatic N) is 1. The number of benzene rings is 3. The third-order valence-electron chi connectivity index (χ3n) is 4.82. The van der Waals surface area contributed by atoms with Crippen LogP contribution in [-0.4, -0.2) is 34.0 Å². The minimum atomic E-state index is -1.05. The maximum Gasteiger partial charge on any atom is 0.252 e. The molecule has 3 aromatic carbocycles. The Kier molecular flexibility index (Phi) is 7.35. The molecule has 2 atom stereocenters. The highest BCUT2D eigenvalue weighted by Gasteiger charge is 2.30. The molecule has 0 saturated heterocycles. The molecule has 0 saturated carbocycles. The summed E-state index contributed by atoms with van der Waals surface area (Å²) in [6.07, 6.45) is -1.04. The van der Waals surface area contributed by atoms with E-state index in [-0.39, 0.29) is 5.91 Å². The van der Waals surface area contributed by atoms with Crippen molar-refractivity contribution >= 4 is 11.8 Å². The van der Waals surface area contributed by atoms with Crippen molar-refractivity contribution < 1.29 is 14.7 Å². The number of carbonyl (C=O) groups excluding carboxylic acids is 2. The fourth-order valence-corrected chi connectivity index (χ4v) is 3.22. The van der Waals surface area contributed by atoms with Gasteiger partial charge in [-0.3, -0.25) is 9.59 Å². The first kappa shape index (κ1) is 21.3. The lowest BCUT2D eigenvalue weighted by Gasteiger charge is -2.29. The summed E-state index contributed by atoms with van der Waals surface area (Å²) in [5.74, 6) is -0.726. The van der Waals surface area contributed by atoms with E-state index in [2.05, 4.69) is 5.32 Å². The topological polar surface area (TPSA) is 69.6 Å². The van der Waals surface area contributed by atoms with Gasteiger partial charge in [0.1, 0.15) is 6.04 Å². The smallest absolute Gasteiger partial charge is 0.252 e. The van der Waals surface area contributed by atoms with Crippen LogP contribution in [0.1, 0.15) is 28.4 Å². The van der Waals surface area contributed by atoms with Crippen LogP contribution in [-0.2, 0) is 17.9 Å². The van der Waals surface area contributed by atoms with Crippen LogP contribution >= 0.6 is 0 Å². The minimum absolute atomic E-state index is 0.331. The third-order valence-corrected chi connectivity index (χ3v) is 4.82.